The van der Waals surface area contributed by atoms with Gasteiger partial charge in [-0.1, -0.05) is 13.0 Å². The first kappa shape index (κ1) is 15.4. The number of rotatable bonds is 4. The van der Waals surface area contributed by atoms with Crippen LogP contribution in [0.15, 0.2) is 18.2 Å². The van der Waals surface area contributed by atoms with Crippen LogP contribution in [0.2, 0.25) is 0 Å². The lowest BCUT2D eigenvalue weighted by molar-refractivity contribution is -0.897. The molecule has 6 heteroatoms. The van der Waals surface area contributed by atoms with Crippen LogP contribution in [0.5, 0.6) is 0 Å². The Bertz CT molecular complexity index is 537. The van der Waals surface area contributed by atoms with Crippen LogP contribution < -0.4 is 10.2 Å². The van der Waals surface area contributed by atoms with Crippen LogP contribution in [-0.2, 0) is 4.79 Å². The first-order chi connectivity index (χ1) is 9.95. The minimum atomic E-state index is -0.452. The first-order valence-electron chi connectivity index (χ1n) is 7.34. The van der Waals surface area contributed by atoms with Gasteiger partial charge < -0.3 is 10.2 Å². The van der Waals surface area contributed by atoms with Crippen molar-refractivity contribution >= 4 is 17.3 Å². The van der Waals surface area contributed by atoms with Crippen molar-refractivity contribution in [3.8, 4) is 0 Å². The molecule has 1 amide bonds. The highest BCUT2D eigenvalue weighted by Gasteiger charge is 2.21. The highest BCUT2D eigenvalue weighted by Crippen LogP contribution is 2.21. The van der Waals surface area contributed by atoms with Crippen molar-refractivity contribution in [2.75, 3.05) is 25.0 Å². The summed E-state index contributed by atoms with van der Waals surface area (Å²) in [5.74, 6) is 0.666. The molecule has 1 aliphatic rings. The van der Waals surface area contributed by atoms with Gasteiger partial charge in [-0.05, 0) is 31.2 Å². The molecular formula is C15H22N3O3+. The van der Waals surface area contributed by atoms with Gasteiger partial charge in [0.15, 0.2) is 6.54 Å². The van der Waals surface area contributed by atoms with Gasteiger partial charge in [-0.15, -0.1) is 0 Å². The molecule has 6 nitrogen and oxygen atoms in total. The van der Waals surface area contributed by atoms with Gasteiger partial charge in [0, 0.05) is 12.1 Å². The number of benzene rings is 1. The molecule has 21 heavy (non-hydrogen) atoms. The third-order valence-corrected chi connectivity index (χ3v) is 4.10. The number of carbonyl (C=O) groups excluding carboxylic acids is 1. The van der Waals surface area contributed by atoms with Gasteiger partial charge in [0.25, 0.3) is 11.6 Å². The summed E-state index contributed by atoms with van der Waals surface area (Å²) in [5, 5.41) is 13.6. The number of amides is 1. The van der Waals surface area contributed by atoms with Gasteiger partial charge in [0.1, 0.15) is 0 Å². The zero-order chi connectivity index (χ0) is 15.4. The van der Waals surface area contributed by atoms with Crippen LogP contribution in [0.4, 0.5) is 11.4 Å². The van der Waals surface area contributed by atoms with Crippen molar-refractivity contribution in [3.63, 3.8) is 0 Å². The second-order valence-electron chi connectivity index (χ2n) is 5.91. The Hall–Kier alpha value is -1.95. The number of nitro benzene ring substituents is 1. The average Bonchev–Trinajstić information content (AvgIpc) is 2.43. The summed E-state index contributed by atoms with van der Waals surface area (Å²) in [5.41, 5.74) is 1.35. The van der Waals surface area contributed by atoms with Crippen molar-refractivity contribution in [1.82, 2.24) is 0 Å². The monoisotopic (exact) mass is 292 g/mol. The maximum absolute atomic E-state index is 12.1. The fourth-order valence-corrected chi connectivity index (χ4v) is 2.63. The van der Waals surface area contributed by atoms with E-state index in [9.17, 15) is 14.9 Å². The third-order valence-electron chi connectivity index (χ3n) is 4.10. The Labute approximate surface area is 124 Å². The van der Waals surface area contributed by atoms with E-state index in [1.165, 1.54) is 17.0 Å². The van der Waals surface area contributed by atoms with E-state index in [-0.39, 0.29) is 11.6 Å². The van der Waals surface area contributed by atoms with E-state index >= 15 is 0 Å². The van der Waals surface area contributed by atoms with Gasteiger partial charge in [0.05, 0.1) is 23.7 Å². The van der Waals surface area contributed by atoms with Crippen molar-refractivity contribution < 1.29 is 14.6 Å². The van der Waals surface area contributed by atoms with E-state index < -0.39 is 4.92 Å². The molecule has 0 saturated carbocycles. The number of quaternary nitrogens is 1. The van der Waals surface area contributed by atoms with E-state index in [4.69, 9.17) is 0 Å². The van der Waals surface area contributed by atoms with Gasteiger partial charge >= 0.3 is 0 Å². The largest absolute Gasteiger partial charge is 0.327 e. The minimum absolute atomic E-state index is 0.00459. The maximum atomic E-state index is 12.1. The molecule has 0 radical (unpaired) electrons. The number of anilines is 1. The number of piperidine rings is 1. The molecule has 114 valence electrons. The SMILES string of the molecule is Cc1ccc([N+](=O)[O-])cc1NC(=O)C[NH+]1CCC(C)CC1. The summed E-state index contributed by atoms with van der Waals surface area (Å²) < 4.78 is 0. The molecule has 0 atom stereocenters. The number of non-ortho nitro benzene ring substituents is 1. The lowest BCUT2D eigenvalue weighted by Gasteiger charge is -2.26. The van der Waals surface area contributed by atoms with Crippen LogP contribution in [-0.4, -0.2) is 30.5 Å². The zero-order valence-electron chi connectivity index (χ0n) is 12.5. The summed E-state index contributed by atoms with van der Waals surface area (Å²) in [7, 11) is 0. The molecule has 2 rings (SSSR count). The topological polar surface area (TPSA) is 76.7 Å². The molecule has 0 aromatic heterocycles. The highest BCUT2D eigenvalue weighted by molar-refractivity contribution is 5.92. The molecule has 2 N–H and O–H groups in total. The van der Waals surface area contributed by atoms with E-state index in [2.05, 4.69) is 12.2 Å². The predicted octanol–water partition coefficient (Wildman–Crippen LogP) is 1.16. The summed E-state index contributed by atoms with van der Waals surface area (Å²) in [6, 6.07) is 4.52. The van der Waals surface area contributed by atoms with Crippen LogP contribution >= 0.6 is 0 Å². The second-order valence-corrected chi connectivity index (χ2v) is 5.91. The van der Waals surface area contributed by atoms with E-state index in [1.807, 2.05) is 6.92 Å². The van der Waals surface area contributed by atoms with Crippen LogP contribution in [0.3, 0.4) is 0 Å². The number of nitrogens with one attached hydrogen (secondary N) is 2. The van der Waals surface area contributed by atoms with Crippen molar-refractivity contribution in [2.24, 2.45) is 5.92 Å². The summed E-state index contributed by atoms with van der Waals surface area (Å²) in [6.07, 6.45) is 2.30. The van der Waals surface area contributed by atoms with Gasteiger partial charge in [-0.25, -0.2) is 0 Å². The van der Waals surface area contributed by atoms with Gasteiger partial charge in [0.2, 0.25) is 0 Å². The molecule has 1 aromatic rings. The second kappa shape index (κ2) is 6.67. The maximum Gasteiger partial charge on any atom is 0.279 e. The molecule has 0 spiro atoms. The smallest absolute Gasteiger partial charge is 0.279 e. The number of nitro groups is 1. The first-order valence-corrected chi connectivity index (χ1v) is 7.34. The van der Waals surface area contributed by atoms with Crippen molar-refractivity contribution in [3.05, 3.63) is 33.9 Å². The summed E-state index contributed by atoms with van der Waals surface area (Å²) in [4.78, 5) is 23.7. The Morgan fingerprint density at radius 2 is 2.10 bits per heavy atom. The molecular weight excluding hydrogens is 270 g/mol. The number of likely N-dealkylation sites (tertiary alicyclic amines) is 1. The summed E-state index contributed by atoms with van der Waals surface area (Å²) >= 11 is 0. The molecule has 1 aromatic carbocycles. The lowest BCUT2D eigenvalue weighted by Crippen LogP contribution is -3.14. The quantitative estimate of drug-likeness (QED) is 0.646. The summed E-state index contributed by atoms with van der Waals surface area (Å²) in [6.45, 7) is 6.53. The number of nitrogens with zero attached hydrogens (tertiary/aromatic N) is 1. The van der Waals surface area contributed by atoms with Crippen LogP contribution in [0, 0.1) is 23.0 Å². The van der Waals surface area contributed by atoms with Crippen LogP contribution in [0.1, 0.15) is 25.3 Å². The Morgan fingerprint density at radius 1 is 1.43 bits per heavy atom. The third kappa shape index (κ3) is 4.26. The number of aryl methyl sites for hydroxylation is 1. The molecule has 1 fully saturated rings. The van der Waals surface area contributed by atoms with Gasteiger partial charge in [-0.2, -0.15) is 0 Å². The Kier molecular flexibility index (Phi) is 4.90. The Morgan fingerprint density at radius 3 is 2.71 bits per heavy atom. The molecule has 1 aliphatic heterocycles. The molecule has 1 heterocycles. The Balaban J connectivity index is 1.96. The predicted molar refractivity (Wildman–Crippen MR) is 80.4 cm³/mol. The molecule has 0 unspecified atom stereocenters. The van der Waals surface area contributed by atoms with E-state index in [0.717, 1.165) is 37.4 Å². The average molecular weight is 292 g/mol. The van der Waals surface area contributed by atoms with Crippen molar-refractivity contribution in [1.29, 1.82) is 0 Å². The minimum Gasteiger partial charge on any atom is -0.327 e. The van der Waals surface area contributed by atoms with Gasteiger partial charge in [-0.3, -0.25) is 14.9 Å². The van der Waals surface area contributed by atoms with Crippen molar-refractivity contribution in [2.45, 2.75) is 26.7 Å². The lowest BCUT2D eigenvalue weighted by atomic mass is 9.99. The standard InChI is InChI=1S/C15H21N3O3/c1-11-5-7-17(8-6-11)10-15(19)16-14-9-13(18(20)21)4-3-12(14)2/h3-4,9,11H,5-8,10H2,1-2H3,(H,16,19)/p+1. The van der Waals surface area contributed by atoms with E-state index in [1.54, 1.807) is 6.07 Å². The molecule has 0 bridgehead atoms. The fraction of sp³-hybridized carbons (Fsp3) is 0.533. The molecule has 0 aliphatic carbocycles. The number of carbonyl (C=O) groups is 1. The number of hydrogen-bond acceptors (Lipinski definition) is 3. The van der Waals surface area contributed by atoms with Crippen LogP contribution in [0.25, 0.3) is 0 Å². The normalized spacial score (nSPS) is 21.8. The van der Waals surface area contributed by atoms with E-state index in [0.29, 0.717) is 12.2 Å². The zero-order valence-corrected chi connectivity index (χ0v) is 12.5. The molecule has 1 saturated heterocycles. The number of hydrogen-bond donors (Lipinski definition) is 2. The highest BCUT2D eigenvalue weighted by atomic mass is 16.6. The fourth-order valence-electron chi connectivity index (χ4n) is 2.63.